The molecule has 0 N–H and O–H groups in total. The predicted molar refractivity (Wildman–Crippen MR) is 232 cm³/mol. The molecule has 0 bridgehead atoms. The molecule has 0 aromatic heterocycles. The molecule has 0 amide bonds. The Morgan fingerprint density at radius 1 is 0.358 bits per heavy atom. The number of hydrogen-bond donors (Lipinski definition) is 0. The predicted octanol–water partition coefficient (Wildman–Crippen LogP) is 8.74. The van der Waals surface area contributed by atoms with Gasteiger partial charge < -0.3 is 4.90 Å². The van der Waals surface area contributed by atoms with Crippen LogP contribution < -0.4 is 37.7 Å². The molecule has 1 nitrogen and oxygen atoms in total. The maximum Gasteiger partial charge on any atom is 0.246 e. The van der Waals surface area contributed by atoms with Crippen molar-refractivity contribution in [3.63, 3.8) is 0 Å². The summed E-state index contributed by atoms with van der Waals surface area (Å²) in [6.07, 6.45) is 0. The zero-order chi connectivity index (χ0) is 36.5. The van der Waals surface area contributed by atoms with Gasteiger partial charge in [-0.05, 0) is 78.2 Å². The third-order valence-corrected chi connectivity index (χ3v) is 11.5. The van der Waals surface area contributed by atoms with Crippen LogP contribution in [0.25, 0.3) is 22.3 Å². The van der Waals surface area contributed by atoms with Gasteiger partial charge in [-0.1, -0.05) is 204 Å². The van der Waals surface area contributed by atoms with Crippen molar-refractivity contribution in [3.8, 4) is 22.3 Å². The highest BCUT2D eigenvalue weighted by Gasteiger charge is 2.43. The van der Waals surface area contributed by atoms with Crippen LogP contribution in [0.5, 0.6) is 0 Å². The van der Waals surface area contributed by atoms with E-state index in [0.717, 1.165) is 0 Å². The first-order valence-corrected chi connectivity index (χ1v) is 19.1. The Bertz CT molecular complexity index is 2470. The van der Waals surface area contributed by atoms with Crippen molar-refractivity contribution in [2.75, 3.05) is 4.90 Å². The van der Waals surface area contributed by atoms with Crippen molar-refractivity contribution in [2.24, 2.45) is 0 Å². The smallest absolute Gasteiger partial charge is 0.246 e. The van der Waals surface area contributed by atoms with E-state index in [9.17, 15) is 0 Å². The van der Waals surface area contributed by atoms with E-state index in [1.165, 1.54) is 83.2 Å². The first-order valence-electron chi connectivity index (χ1n) is 19.1. The number of nitrogens with zero attached hydrogens (tertiary/aromatic N) is 1. The lowest BCUT2D eigenvalue weighted by Crippen LogP contribution is -2.65. The van der Waals surface area contributed by atoms with Crippen LogP contribution in [0.15, 0.2) is 164 Å². The molecule has 0 unspecified atom stereocenters. The molecule has 2 aliphatic heterocycles. The molecule has 53 heavy (non-hydrogen) atoms. The minimum atomic E-state index is 0.00463. The van der Waals surface area contributed by atoms with Crippen LogP contribution >= 0.6 is 0 Å². The van der Waals surface area contributed by atoms with Crippen LogP contribution in [0.4, 0.5) is 17.1 Å². The molecule has 0 atom stereocenters. The zero-order valence-corrected chi connectivity index (χ0v) is 31.7. The van der Waals surface area contributed by atoms with Gasteiger partial charge in [0.2, 0.25) is 13.4 Å². The topological polar surface area (TPSA) is 3.24 Å². The average molecular weight is 682 g/mol. The van der Waals surface area contributed by atoms with Gasteiger partial charge in [0.15, 0.2) is 0 Å². The van der Waals surface area contributed by atoms with E-state index in [2.05, 4.69) is 210 Å². The molecule has 0 radical (unpaired) electrons. The van der Waals surface area contributed by atoms with Gasteiger partial charge >= 0.3 is 0 Å². The summed E-state index contributed by atoms with van der Waals surface area (Å²) >= 11 is 0. The lowest BCUT2D eigenvalue weighted by Gasteiger charge is -2.44. The van der Waals surface area contributed by atoms with Crippen LogP contribution in [0.3, 0.4) is 0 Å². The van der Waals surface area contributed by atoms with E-state index < -0.39 is 0 Å². The molecule has 7 aromatic rings. The number of para-hydroxylation sites is 1. The Morgan fingerprint density at radius 2 is 0.906 bits per heavy atom. The summed E-state index contributed by atoms with van der Waals surface area (Å²) in [5.41, 5.74) is 19.7. The van der Waals surface area contributed by atoms with Gasteiger partial charge in [-0.15, -0.1) is 0 Å². The minimum absolute atomic E-state index is 0.00463. The highest BCUT2D eigenvalue weighted by atomic mass is 15.2. The van der Waals surface area contributed by atoms with E-state index in [0.29, 0.717) is 0 Å². The van der Waals surface area contributed by atoms with Crippen molar-refractivity contribution in [1.82, 2.24) is 0 Å². The third kappa shape index (κ3) is 5.75. The van der Waals surface area contributed by atoms with E-state index >= 15 is 0 Å². The molecular formula is C50H45B2N. The number of anilines is 3. The molecular weight excluding hydrogens is 636 g/mol. The van der Waals surface area contributed by atoms with Crippen LogP contribution in [-0.4, -0.2) is 13.4 Å². The first kappa shape index (κ1) is 33.3. The van der Waals surface area contributed by atoms with Crippen molar-refractivity contribution in [1.29, 1.82) is 0 Å². The van der Waals surface area contributed by atoms with Gasteiger partial charge in [-0.25, -0.2) is 0 Å². The molecule has 0 fully saturated rings. The maximum absolute atomic E-state index is 2.61. The maximum atomic E-state index is 2.61. The second kappa shape index (κ2) is 12.6. The fourth-order valence-corrected chi connectivity index (χ4v) is 8.68. The fourth-order valence-electron chi connectivity index (χ4n) is 8.68. The SMILES string of the molecule is CC(C)(C)c1ccc(B2c3cc(-c4ccccc4)ccc3N3c4cc(C(C)(C)C)ccc4B(c4cccc(-c5ccccc5)c4)c4cccc2c43)cc1. The Hall–Kier alpha value is -5.53. The van der Waals surface area contributed by atoms with Crippen molar-refractivity contribution in [2.45, 2.75) is 52.4 Å². The van der Waals surface area contributed by atoms with Gasteiger partial charge in [0.05, 0.1) is 0 Å². The zero-order valence-electron chi connectivity index (χ0n) is 31.7. The fraction of sp³-hybridized carbons (Fsp3) is 0.160. The standard InChI is InChI=1S/C50H45B2N/c1-49(2,3)38-24-27-40(28-25-38)51-43-21-14-22-44-48(43)53(46-30-23-37(32-45(46)51)35-17-11-8-12-18-35)47-33-39(50(4,5)6)26-29-42(47)52(44)41-20-13-19-36(31-41)34-15-9-7-10-16-34/h7-33H,1-6H3. The van der Waals surface area contributed by atoms with E-state index in [4.69, 9.17) is 0 Å². The van der Waals surface area contributed by atoms with Crippen molar-refractivity contribution < 1.29 is 0 Å². The summed E-state index contributed by atoms with van der Waals surface area (Å²) in [5, 5.41) is 0. The molecule has 2 heterocycles. The highest BCUT2D eigenvalue weighted by Crippen LogP contribution is 2.40. The summed E-state index contributed by atoms with van der Waals surface area (Å²) < 4.78 is 0. The molecule has 7 aromatic carbocycles. The lowest BCUT2D eigenvalue weighted by atomic mass is 9.30. The van der Waals surface area contributed by atoms with Crippen molar-refractivity contribution >= 4 is 63.3 Å². The molecule has 0 aliphatic carbocycles. The molecule has 0 spiro atoms. The molecule has 0 saturated heterocycles. The molecule has 3 heteroatoms. The molecule has 0 saturated carbocycles. The van der Waals surface area contributed by atoms with Gasteiger partial charge in [-0.3, -0.25) is 0 Å². The first-order chi connectivity index (χ1) is 25.6. The Labute approximate surface area is 316 Å². The average Bonchev–Trinajstić information content (AvgIpc) is 3.17. The normalized spacial score (nSPS) is 13.4. The monoisotopic (exact) mass is 681 g/mol. The Balaban J connectivity index is 1.32. The molecule has 9 rings (SSSR count). The van der Waals surface area contributed by atoms with Gasteiger partial charge in [-0.2, -0.15) is 0 Å². The highest BCUT2D eigenvalue weighted by molar-refractivity contribution is 7.02. The second-order valence-corrected chi connectivity index (χ2v) is 17.0. The van der Waals surface area contributed by atoms with E-state index in [1.54, 1.807) is 0 Å². The van der Waals surface area contributed by atoms with Crippen LogP contribution in [0.1, 0.15) is 52.7 Å². The Morgan fingerprint density at radius 3 is 1.53 bits per heavy atom. The summed E-state index contributed by atoms with van der Waals surface area (Å²) in [6.45, 7) is 14.0. The van der Waals surface area contributed by atoms with Gasteiger partial charge in [0.1, 0.15) is 0 Å². The van der Waals surface area contributed by atoms with E-state index in [-0.39, 0.29) is 24.3 Å². The number of rotatable bonds is 4. The van der Waals surface area contributed by atoms with Gasteiger partial charge in [0.25, 0.3) is 0 Å². The summed E-state index contributed by atoms with van der Waals surface area (Å²) in [5.74, 6) is 0. The molecule has 256 valence electrons. The van der Waals surface area contributed by atoms with Gasteiger partial charge in [0, 0.05) is 17.1 Å². The lowest BCUT2D eigenvalue weighted by molar-refractivity contribution is 0.590. The van der Waals surface area contributed by atoms with Crippen molar-refractivity contribution in [3.05, 3.63) is 175 Å². The quantitative estimate of drug-likeness (QED) is 0.168. The van der Waals surface area contributed by atoms with Crippen LogP contribution in [0, 0.1) is 0 Å². The number of benzene rings is 7. The summed E-state index contributed by atoms with van der Waals surface area (Å²) in [6, 6.07) is 61.8. The Kier molecular flexibility index (Phi) is 7.89. The molecule has 2 aliphatic rings. The second-order valence-electron chi connectivity index (χ2n) is 17.0. The number of fused-ring (bicyclic) bond motifs is 4. The van der Waals surface area contributed by atoms with E-state index in [1.807, 2.05) is 0 Å². The third-order valence-electron chi connectivity index (χ3n) is 11.5. The minimum Gasteiger partial charge on any atom is -0.313 e. The number of hydrogen-bond acceptors (Lipinski definition) is 1. The van der Waals surface area contributed by atoms with Crippen LogP contribution in [0.2, 0.25) is 0 Å². The summed E-state index contributed by atoms with van der Waals surface area (Å²) in [4.78, 5) is 2.61. The summed E-state index contributed by atoms with van der Waals surface area (Å²) in [7, 11) is 0. The van der Waals surface area contributed by atoms with Crippen LogP contribution in [-0.2, 0) is 10.8 Å². The largest absolute Gasteiger partial charge is 0.313 e.